The molecule has 1 aromatic heterocycles. The van der Waals surface area contributed by atoms with Crippen LogP contribution < -0.4 is 0 Å². The van der Waals surface area contributed by atoms with Crippen molar-refractivity contribution in [1.29, 1.82) is 0 Å². The lowest BCUT2D eigenvalue weighted by molar-refractivity contribution is -0.136. The van der Waals surface area contributed by atoms with Crippen LogP contribution in [0.2, 0.25) is 0 Å². The predicted octanol–water partition coefficient (Wildman–Crippen LogP) is 1.35. The molecule has 0 aromatic carbocycles. The minimum absolute atomic E-state index is 0.144. The Bertz CT molecular complexity index is 690. The third-order valence-electron chi connectivity index (χ3n) is 6.92. The van der Waals surface area contributed by atoms with E-state index in [0.717, 1.165) is 82.9 Å². The summed E-state index contributed by atoms with van der Waals surface area (Å²) in [5.41, 5.74) is 2.12. The van der Waals surface area contributed by atoms with Crippen LogP contribution in [-0.4, -0.2) is 82.1 Å². The number of hydrogen-bond acceptors (Lipinski definition) is 5. The molecule has 1 atom stereocenters. The monoisotopic (exact) mass is 390 g/mol. The van der Waals surface area contributed by atoms with Gasteiger partial charge in [-0.2, -0.15) is 5.10 Å². The maximum absolute atomic E-state index is 12.8. The topological polar surface area (TPSA) is 70.8 Å². The Morgan fingerprint density at radius 2 is 2.00 bits per heavy atom. The number of hydrogen-bond donors (Lipinski definition) is 1. The number of carbonyl (C=O) groups excluding carboxylic acids is 1. The minimum atomic E-state index is -0.256. The number of carbonyl (C=O) groups is 1. The van der Waals surface area contributed by atoms with Crippen LogP contribution in [-0.2, 0) is 16.1 Å². The molecule has 1 unspecified atom stereocenters. The number of piperidine rings is 2. The zero-order valence-corrected chi connectivity index (χ0v) is 17.3. The molecule has 3 aliphatic heterocycles. The number of aromatic nitrogens is 2. The second-order valence-corrected chi connectivity index (χ2v) is 9.10. The van der Waals surface area contributed by atoms with E-state index in [1.165, 1.54) is 0 Å². The molecule has 0 radical (unpaired) electrons. The third-order valence-corrected chi connectivity index (χ3v) is 6.92. The Hall–Kier alpha value is -1.44. The molecular formula is C21H34N4O3. The smallest absolute Gasteiger partial charge is 0.244 e. The lowest BCUT2D eigenvalue weighted by Gasteiger charge is -2.51. The van der Waals surface area contributed by atoms with Crippen molar-refractivity contribution >= 4 is 5.91 Å². The molecule has 1 amide bonds. The summed E-state index contributed by atoms with van der Waals surface area (Å²) in [5, 5.41) is 15.0. The molecule has 28 heavy (non-hydrogen) atoms. The lowest BCUT2D eigenvalue weighted by atomic mass is 9.71. The first-order valence-corrected chi connectivity index (χ1v) is 10.7. The highest BCUT2D eigenvalue weighted by Gasteiger charge is 2.43. The number of rotatable bonds is 3. The molecule has 7 nitrogen and oxygen atoms in total. The molecule has 4 heterocycles. The highest BCUT2D eigenvalue weighted by atomic mass is 16.5. The highest BCUT2D eigenvalue weighted by molar-refractivity contribution is 5.76. The van der Waals surface area contributed by atoms with Crippen LogP contribution in [0.4, 0.5) is 0 Å². The van der Waals surface area contributed by atoms with Crippen LogP contribution in [0.25, 0.3) is 0 Å². The van der Waals surface area contributed by atoms with E-state index in [1.807, 2.05) is 24.8 Å². The molecule has 3 aliphatic rings. The van der Waals surface area contributed by atoms with Crippen LogP contribution in [0.3, 0.4) is 0 Å². The summed E-state index contributed by atoms with van der Waals surface area (Å²) in [6.07, 6.45) is 4.70. The van der Waals surface area contributed by atoms with Crippen LogP contribution in [0, 0.1) is 19.3 Å². The van der Waals surface area contributed by atoms with Crippen molar-refractivity contribution in [2.24, 2.45) is 5.41 Å². The first kappa shape index (κ1) is 19.9. The van der Waals surface area contributed by atoms with Crippen molar-refractivity contribution in [3.05, 3.63) is 17.5 Å². The Morgan fingerprint density at radius 1 is 1.29 bits per heavy atom. The molecule has 0 bridgehead atoms. The molecular weight excluding hydrogens is 356 g/mol. The van der Waals surface area contributed by atoms with E-state index in [4.69, 9.17) is 4.74 Å². The lowest BCUT2D eigenvalue weighted by Crippen LogP contribution is -2.57. The fourth-order valence-electron chi connectivity index (χ4n) is 5.38. The normalized spacial score (nSPS) is 26.7. The molecule has 0 aliphatic carbocycles. The predicted molar refractivity (Wildman–Crippen MR) is 106 cm³/mol. The zero-order chi connectivity index (χ0) is 19.7. The number of aryl methyl sites for hydroxylation is 2. The van der Waals surface area contributed by atoms with Crippen molar-refractivity contribution in [3.8, 4) is 0 Å². The minimum Gasteiger partial charge on any atom is -0.392 e. The quantitative estimate of drug-likeness (QED) is 0.844. The fraction of sp³-hybridized carbons (Fsp3) is 0.810. The number of likely N-dealkylation sites (tertiary alicyclic amines) is 2. The summed E-state index contributed by atoms with van der Waals surface area (Å²) in [6.45, 7) is 9.34. The maximum Gasteiger partial charge on any atom is 0.244 e. The van der Waals surface area contributed by atoms with Gasteiger partial charge in [-0.3, -0.25) is 14.4 Å². The van der Waals surface area contributed by atoms with Crippen LogP contribution in [0.15, 0.2) is 6.07 Å². The number of amides is 1. The molecule has 7 heteroatoms. The van der Waals surface area contributed by atoms with Crippen molar-refractivity contribution in [2.45, 2.75) is 64.6 Å². The summed E-state index contributed by atoms with van der Waals surface area (Å²) in [7, 11) is 0. The molecule has 4 rings (SSSR count). The Morgan fingerprint density at radius 3 is 2.64 bits per heavy atom. The fourth-order valence-corrected chi connectivity index (χ4v) is 5.38. The number of aliphatic hydroxyl groups is 1. The van der Waals surface area contributed by atoms with E-state index >= 15 is 0 Å². The van der Waals surface area contributed by atoms with Crippen LogP contribution in [0.1, 0.15) is 43.5 Å². The Labute approximate surface area is 167 Å². The molecule has 3 saturated heterocycles. The molecule has 0 saturated carbocycles. The Kier molecular flexibility index (Phi) is 5.76. The second kappa shape index (κ2) is 8.13. The number of nitrogens with zero attached hydrogens (tertiary/aromatic N) is 4. The first-order chi connectivity index (χ1) is 13.4. The first-order valence-electron chi connectivity index (χ1n) is 10.7. The van der Waals surface area contributed by atoms with Crippen molar-refractivity contribution < 1.29 is 14.6 Å². The summed E-state index contributed by atoms with van der Waals surface area (Å²) in [6, 6.07) is 2.54. The van der Waals surface area contributed by atoms with Gasteiger partial charge in [0, 0.05) is 51.1 Å². The van der Waals surface area contributed by atoms with Gasteiger partial charge in [0.05, 0.1) is 11.8 Å². The van der Waals surface area contributed by atoms with Gasteiger partial charge < -0.3 is 14.7 Å². The summed E-state index contributed by atoms with van der Waals surface area (Å²) < 4.78 is 7.32. The van der Waals surface area contributed by atoms with Crippen molar-refractivity contribution in [2.75, 3.05) is 39.4 Å². The van der Waals surface area contributed by atoms with E-state index in [2.05, 4.69) is 10.00 Å². The van der Waals surface area contributed by atoms with Crippen LogP contribution >= 0.6 is 0 Å². The molecule has 3 fully saturated rings. The van der Waals surface area contributed by atoms with E-state index in [1.54, 1.807) is 4.68 Å². The van der Waals surface area contributed by atoms with Gasteiger partial charge in [-0.05, 0) is 57.4 Å². The maximum atomic E-state index is 12.8. The van der Waals surface area contributed by atoms with Gasteiger partial charge in [0.2, 0.25) is 5.91 Å². The largest absolute Gasteiger partial charge is 0.392 e. The van der Waals surface area contributed by atoms with E-state index in [0.29, 0.717) is 12.6 Å². The van der Waals surface area contributed by atoms with Gasteiger partial charge in [-0.25, -0.2) is 0 Å². The SMILES string of the molecule is Cc1cc(C)n(CC(=O)N2CCC3(CC2)CC(O)CN(C2CCOCC2)C3)n1. The summed E-state index contributed by atoms with van der Waals surface area (Å²) in [4.78, 5) is 17.3. The highest BCUT2D eigenvalue weighted by Crippen LogP contribution is 2.41. The van der Waals surface area contributed by atoms with Crippen LogP contribution in [0.5, 0.6) is 0 Å². The average molecular weight is 391 g/mol. The standard InChI is InChI=1S/C21H34N4O3/c1-16-11-17(2)25(22-16)14-20(27)23-7-5-21(6-8-23)12-19(26)13-24(15-21)18-3-9-28-10-4-18/h11,18-19,26H,3-10,12-15H2,1-2H3. The summed E-state index contributed by atoms with van der Waals surface area (Å²) >= 11 is 0. The molecule has 156 valence electrons. The van der Waals surface area contributed by atoms with Gasteiger partial charge >= 0.3 is 0 Å². The second-order valence-electron chi connectivity index (χ2n) is 9.10. The van der Waals surface area contributed by atoms with Gasteiger partial charge in [0.15, 0.2) is 0 Å². The number of ether oxygens (including phenoxy) is 1. The van der Waals surface area contributed by atoms with Gasteiger partial charge in [0.1, 0.15) is 6.54 Å². The van der Waals surface area contributed by atoms with Gasteiger partial charge in [0.25, 0.3) is 0 Å². The average Bonchev–Trinajstić information content (AvgIpc) is 2.99. The number of β-amino-alcohol motifs (C(OH)–C–C–N with tert-alkyl or cyclic N) is 1. The van der Waals surface area contributed by atoms with Crippen molar-refractivity contribution in [1.82, 2.24) is 19.6 Å². The zero-order valence-electron chi connectivity index (χ0n) is 17.3. The molecule has 1 spiro atoms. The summed E-state index contributed by atoms with van der Waals surface area (Å²) in [5.74, 6) is 0.152. The Balaban J connectivity index is 1.35. The van der Waals surface area contributed by atoms with Crippen molar-refractivity contribution in [3.63, 3.8) is 0 Å². The molecule has 1 N–H and O–H groups in total. The van der Waals surface area contributed by atoms with E-state index in [9.17, 15) is 9.90 Å². The number of aliphatic hydroxyl groups excluding tert-OH is 1. The van der Waals surface area contributed by atoms with Gasteiger partial charge in [-0.15, -0.1) is 0 Å². The third kappa shape index (κ3) is 4.26. The van der Waals surface area contributed by atoms with E-state index < -0.39 is 0 Å². The molecule has 1 aromatic rings. The van der Waals surface area contributed by atoms with Gasteiger partial charge in [-0.1, -0.05) is 0 Å². The van der Waals surface area contributed by atoms with E-state index in [-0.39, 0.29) is 17.4 Å².